The minimum Gasteiger partial charge on any atom is -0.512 e. The summed E-state index contributed by atoms with van der Waals surface area (Å²) in [6.07, 6.45) is 15.0. The third kappa shape index (κ3) is 17.9. The fraction of sp³-hybridized carbons (Fsp3) is 0.0508. The molecule has 0 aliphatic carbocycles. The van der Waals surface area contributed by atoms with Crippen LogP contribution in [-0.4, -0.2) is 51.1 Å². The Morgan fingerprint density at radius 3 is 1.74 bits per heavy atom. The number of para-hydroxylation sites is 11. The van der Waals surface area contributed by atoms with Crippen molar-refractivity contribution in [3.63, 3.8) is 0 Å². The van der Waals surface area contributed by atoms with Gasteiger partial charge in [-0.05, 0) is 162 Å². The second kappa shape index (κ2) is 40.7. The van der Waals surface area contributed by atoms with E-state index in [4.69, 9.17) is 10.1 Å². The van der Waals surface area contributed by atoms with Crippen LogP contribution in [0.25, 0.3) is 165 Å². The number of allylic oxidation sites excluding steroid dienone is 4. The molecule has 0 fully saturated rings. The molecular weight excluding hydrogens is 2040 g/mol. The number of carbonyl (C=O) groups is 1. The number of nitrogens with one attached hydrogen (secondary N) is 1. The second-order valence-electron chi connectivity index (χ2n) is 32.8. The van der Waals surface area contributed by atoms with Crippen molar-refractivity contribution >= 4 is 138 Å². The van der Waals surface area contributed by atoms with Crippen LogP contribution in [0.15, 0.2) is 449 Å². The number of aliphatic hydroxyl groups is 1. The number of imidazole rings is 4. The van der Waals surface area contributed by atoms with Gasteiger partial charge in [0.05, 0.1) is 45.1 Å². The molecule has 3 radical (unpaired) electrons. The Kier molecular flexibility index (Phi) is 26.8. The van der Waals surface area contributed by atoms with Gasteiger partial charge in [0.2, 0.25) is 6.67 Å². The van der Waals surface area contributed by atoms with Gasteiger partial charge in [-0.2, -0.15) is 29.3 Å². The van der Waals surface area contributed by atoms with E-state index in [2.05, 4.69) is 338 Å². The van der Waals surface area contributed by atoms with E-state index >= 15 is 0 Å². The zero-order valence-corrected chi connectivity index (χ0v) is 80.0. The molecule has 659 valence electrons. The van der Waals surface area contributed by atoms with Crippen molar-refractivity contribution < 1.29 is 68.4 Å². The molecule has 0 unspecified atom stereocenters. The molecule has 0 saturated carbocycles. The van der Waals surface area contributed by atoms with Crippen LogP contribution >= 0.6 is 11.3 Å². The SMILES string of the molecule is CC(=O)C=C(C)O.[B]1/C=C\C=C/NC[n+]2ccccc21.[Ir].[Ir].[c-]1ccc2c(sc3ccccc32)c1-c1ccccn1.[c-]1ccccc1-c1ccccn1.[c-]1ccccc1-c1nc2ccccc2n1-c1ccccc1.c1cc2c3c(c1)c1ccccc1n1c4ccccc4[n+](c31)C2.c1cc2c3c(c1)ccn1c4ccccc4[n+](c31)C2.c1ccc(-n2c3[n+](c4ccccc42)Cc2ccccc2-3)cc1. The van der Waals surface area contributed by atoms with Gasteiger partial charge in [-0.3, -0.25) is 9.78 Å². The standard InChI is InChI=1S/C20H13N2.C20H15N2.C19H13N2.C17H10NS.C16H11N2.C11H8N.C10H11BN2.C5H8O2.2Ir/c1-2-9-16-14(7-1)15-8-5-6-13-12-21-17-10-3-4-11-18(17)22(16)20(21)19(13)15;1-2-9-16(10-3-1)22-19-13-7-6-12-18(19)21-14-15-8-4-5-11-17(15)20(21)22;1-3-9-15(10-4-1)19-20-17-13-7-8-14-18(17)21(19)16-11-5-2-6-12-16;1-2-10-16-12(6-1)13-7-5-8-14(17(13)19-16)15-9-3-4-11-18-15;1-2-7-14-13(6-1)17-9-8-11-4-3-5-12-10-18(14)16(17)15(11)12;1-2-6-10(7-3-1)11-8-4-5-9-12-11;1-4-8-13-9-12-7-3-2-6-11-10(13)5-1;1-4(6)3-5(2)7;;/h1-11H,12H2;1-13H,14H2;1-9,11-14H;1-7,9-11H;1-9H,10H2;1-6,8-9H;1-8,12H,9H2;3,6H,1-2H3;;/q2*+1;2*-1;+1;-1;+1;;;/b;;;;;;6-2-,7-3-;;;. The maximum absolute atomic E-state index is 10.0. The molecule has 14 aromatic carbocycles. The van der Waals surface area contributed by atoms with Gasteiger partial charge >= 0.3 is 0 Å². The number of thiophene rings is 1. The van der Waals surface area contributed by atoms with E-state index in [1.807, 2.05) is 181 Å². The number of aromatic nitrogens is 11. The molecular formula is C118H89BIr2N12O2S+. The Bertz CT molecular complexity index is 8540. The monoisotopic (exact) mass is 2130 g/mol. The summed E-state index contributed by atoms with van der Waals surface area (Å²) in [4.78, 5) is 23.5. The zero-order chi connectivity index (χ0) is 90.2. The molecule has 24 aromatic rings. The number of pyridine rings is 5. The third-order valence-corrected chi connectivity index (χ3v) is 25.5. The summed E-state index contributed by atoms with van der Waals surface area (Å²) in [5.41, 5.74) is 28.1. The molecule has 0 spiro atoms. The summed E-state index contributed by atoms with van der Waals surface area (Å²) >= 11 is 1.81. The summed E-state index contributed by atoms with van der Waals surface area (Å²) in [6, 6.07) is 144. The summed E-state index contributed by atoms with van der Waals surface area (Å²) in [6.45, 7) is 6.57. The van der Waals surface area contributed by atoms with Crippen LogP contribution in [0.3, 0.4) is 0 Å². The predicted molar refractivity (Wildman–Crippen MR) is 545 cm³/mol. The number of ketones is 1. The first-order chi connectivity index (χ1) is 66.2. The summed E-state index contributed by atoms with van der Waals surface area (Å²) < 4.78 is 21.3. The normalized spacial score (nSPS) is 12.4. The van der Waals surface area contributed by atoms with Gasteiger partial charge in [-0.25, -0.2) is 13.7 Å². The van der Waals surface area contributed by atoms with Crippen molar-refractivity contribution in [1.82, 2.24) is 38.2 Å². The maximum atomic E-state index is 10.0. The fourth-order valence-corrected chi connectivity index (χ4v) is 19.8. The zero-order valence-electron chi connectivity index (χ0n) is 74.4. The molecule has 0 atom stereocenters. The molecule has 18 heteroatoms. The smallest absolute Gasteiger partial charge is 0.296 e. The van der Waals surface area contributed by atoms with Gasteiger partial charge < -0.3 is 25.0 Å². The van der Waals surface area contributed by atoms with E-state index in [0.717, 1.165) is 76.9 Å². The van der Waals surface area contributed by atoms with E-state index < -0.39 is 0 Å². The van der Waals surface area contributed by atoms with E-state index in [0.29, 0.717) is 0 Å². The van der Waals surface area contributed by atoms with Crippen molar-refractivity contribution in [2.24, 2.45) is 0 Å². The minimum atomic E-state index is -0.125. The van der Waals surface area contributed by atoms with Crippen molar-refractivity contribution in [1.29, 1.82) is 0 Å². The Balaban J connectivity index is 0.000000101. The van der Waals surface area contributed by atoms with Gasteiger partial charge in [0.15, 0.2) is 45.1 Å². The quantitative estimate of drug-likeness (QED) is 0.0427. The predicted octanol–water partition coefficient (Wildman–Crippen LogP) is 23.8. The van der Waals surface area contributed by atoms with Gasteiger partial charge in [-0.15, -0.1) is 102 Å². The fourth-order valence-electron chi connectivity index (χ4n) is 18.6. The Morgan fingerprint density at radius 2 is 1.03 bits per heavy atom. The molecule has 14 heterocycles. The number of rotatable bonds is 6. The molecule has 0 amide bonds. The van der Waals surface area contributed by atoms with Crippen molar-refractivity contribution in [2.75, 3.05) is 0 Å². The Hall–Kier alpha value is -15.8. The van der Waals surface area contributed by atoms with Crippen LogP contribution < -0.4 is 29.2 Å². The third-order valence-electron chi connectivity index (χ3n) is 24.3. The molecule has 0 bridgehead atoms. The van der Waals surface area contributed by atoms with E-state index in [9.17, 15) is 4.79 Å². The second-order valence-corrected chi connectivity index (χ2v) is 33.9. The van der Waals surface area contributed by atoms with Crippen LogP contribution in [0.5, 0.6) is 0 Å². The molecule has 14 nitrogen and oxygen atoms in total. The van der Waals surface area contributed by atoms with Crippen molar-refractivity contribution in [3.05, 3.63) is 484 Å². The molecule has 0 saturated heterocycles. The molecule has 10 aromatic heterocycles. The number of hydrogen-bond donors (Lipinski definition) is 2. The molecule has 4 aliphatic heterocycles. The van der Waals surface area contributed by atoms with Crippen LogP contribution in [0.4, 0.5) is 0 Å². The molecule has 136 heavy (non-hydrogen) atoms. The molecule has 2 N–H and O–H groups in total. The number of benzene rings is 14. The van der Waals surface area contributed by atoms with E-state index in [-0.39, 0.29) is 51.8 Å². The van der Waals surface area contributed by atoms with Crippen LogP contribution in [-0.2, 0) is 71.3 Å². The summed E-state index contributed by atoms with van der Waals surface area (Å²) in [7, 11) is 2.09. The minimum absolute atomic E-state index is 0. The maximum Gasteiger partial charge on any atom is 0.296 e. The summed E-state index contributed by atoms with van der Waals surface area (Å²) in [5.74, 6) is 4.17. The van der Waals surface area contributed by atoms with Gasteiger partial charge in [0.1, 0.15) is 36.4 Å². The van der Waals surface area contributed by atoms with E-state index in [1.54, 1.807) is 6.20 Å². The Morgan fingerprint density at radius 1 is 0.456 bits per heavy atom. The number of aliphatic hydroxyl groups excluding tert-OH is 1. The first-order valence-corrected chi connectivity index (χ1v) is 45.7. The van der Waals surface area contributed by atoms with Crippen LogP contribution in [0.1, 0.15) is 30.5 Å². The number of hydrogen-bond acceptors (Lipinski definition) is 7. The number of carbonyl (C=O) groups excluding carboxylic acids is 1. The van der Waals surface area contributed by atoms with Crippen LogP contribution in [0, 0.1) is 18.2 Å². The number of fused-ring (bicyclic) bond motifs is 19. The van der Waals surface area contributed by atoms with Crippen molar-refractivity contribution in [2.45, 2.75) is 40.2 Å². The molecule has 4 aliphatic rings. The average Bonchev–Trinajstić information content (AvgIpc) is 1.52. The average molecular weight is 2130 g/mol. The topological polar surface area (TPSA) is 122 Å². The first kappa shape index (κ1) is 89.4. The van der Waals surface area contributed by atoms with E-state index in [1.165, 1.54) is 156 Å². The van der Waals surface area contributed by atoms with Crippen LogP contribution in [0.2, 0.25) is 0 Å². The van der Waals surface area contributed by atoms with Gasteiger partial charge in [0.25, 0.3) is 24.4 Å². The molecule has 28 rings (SSSR count). The van der Waals surface area contributed by atoms with Gasteiger partial charge in [0, 0.05) is 109 Å². The van der Waals surface area contributed by atoms with Gasteiger partial charge in [-0.1, -0.05) is 218 Å². The Labute approximate surface area is 818 Å². The van der Waals surface area contributed by atoms with Crippen molar-refractivity contribution in [3.8, 4) is 56.7 Å². The summed E-state index contributed by atoms with van der Waals surface area (Å²) in [5, 5.41) is 21.0. The largest absolute Gasteiger partial charge is 0.512 e. The number of nitrogens with zero attached hydrogens (tertiary/aromatic N) is 11. The first-order valence-electron chi connectivity index (χ1n) is 44.9.